The van der Waals surface area contributed by atoms with Crippen molar-refractivity contribution in [2.45, 2.75) is 59.7 Å². The van der Waals surface area contributed by atoms with Crippen molar-refractivity contribution >= 4 is 34.1 Å². The summed E-state index contributed by atoms with van der Waals surface area (Å²) in [4.78, 5) is 35.5. The average molecular weight is 497 g/mol. The van der Waals surface area contributed by atoms with Crippen LogP contribution in [0.4, 0.5) is 10.2 Å². The zero-order valence-corrected chi connectivity index (χ0v) is 22.2. The van der Waals surface area contributed by atoms with Gasteiger partial charge in [-0.05, 0) is 49.5 Å². The number of carbonyl (C=O) groups is 2. The zero-order valence-electron chi connectivity index (χ0n) is 22.2. The molecular weight excluding hydrogens is 459 g/mol. The molecule has 2 aromatic rings. The van der Waals surface area contributed by atoms with Gasteiger partial charge in [0.05, 0.1) is 17.5 Å². The Balaban J connectivity index is 0.00000222. The number of aliphatic hydroxyl groups excluding tert-OH is 1. The second kappa shape index (κ2) is 12.5. The molecule has 0 radical (unpaired) electrons. The van der Waals surface area contributed by atoms with Crippen molar-refractivity contribution in [3.63, 3.8) is 0 Å². The minimum Gasteiger partial charge on any atom is -0.388 e. The molecule has 7 nitrogen and oxygen atoms in total. The highest BCUT2D eigenvalue weighted by Gasteiger charge is 2.43. The Morgan fingerprint density at radius 3 is 2.50 bits per heavy atom. The van der Waals surface area contributed by atoms with E-state index in [-0.39, 0.29) is 23.8 Å². The second-order valence-corrected chi connectivity index (χ2v) is 8.72. The topological polar surface area (TPSA) is 95.4 Å². The Labute approximate surface area is 212 Å². The molecule has 0 spiro atoms. The van der Waals surface area contributed by atoms with Crippen LogP contribution in [0, 0.1) is 5.92 Å². The number of rotatable bonds is 8. The van der Waals surface area contributed by atoms with E-state index in [1.807, 2.05) is 52.8 Å². The molecule has 3 rings (SSSR count). The minimum absolute atomic E-state index is 0.225. The number of carbonyl (C=O) groups excluding carboxylic acids is 2. The number of aliphatic hydroxyl groups is 1. The Morgan fingerprint density at radius 2 is 1.97 bits per heavy atom. The van der Waals surface area contributed by atoms with Gasteiger partial charge < -0.3 is 15.3 Å². The lowest BCUT2D eigenvalue weighted by atomic mass is 9.93. The normalized spacial score (nSPS) is 18.1. The van der Waals surface area contributed by atoms with Crippen molar-refractivity contribution in [3.8, 4) is 0 Å². The molecule has 1 saturated carbocycles. The molecule has 0 aliphatic heterocycles. The fourth-order valence-electron chi connectivity index (χ4n) is 3.68. The largest absolute Gasteiger partial charge is 0.388 e. The number of nitrogens with zero attached hydrogens (tertiary/aromatic N) is 3. The van der Waals surface area contributed by atoms with Gasteiger partial charge in [0.1, 0.15) is 17.7 Å². The molecule has 194 valence electrons. The molecule has 0 saturated heterocycles. The van der Waals surface area contributed by atoms with Gasteiger partial charge in [0.25, 0.3) is 5.91 Å². The second-order valence-electron chi connectivity index (χ2n) is 8.72. The first kappa shape index (κ1) is 28.8. The molecule has 3 unspecified atom stereocenters. The third-order valence-corrected chi connectivity index (χ3v) is 5.83. The number of pyridine rings is 2. The van der Waals surface area contributed by atoms with Crippen LogP contribution in [0.3, 0.4) is 0 Å². The molecule has 1 aliphatic rings. The lowest BCUT2D eigenvalue weighted by Gasteiger charge is -2.18. The number of aromatic nitrogens is 2. The summed E-state index contributed by atoms with van der Waals surface area (Å²) in [6, 6.07) is 3.42. The SMILES string of the molecule is C=C(/C=C(C)\C(=C/C)c1cc2cnc(NC(=O)C3CC3F)cc2nc1C(=O)N(C)C)C(O)CC.CC. The van der Waals surface area contributed by atoms with Crippen molar-refractivity contribution in [3.05, 3.63) is 59.5 Å². The predicted molar refractivity (Wildman–Crippen MR) is 143 cm³/mol. The summed E-state index contributed by atoms with van der Waals surface area (Å²) in [5.74, 6) is -1.07. The van der Waals surface area contributed by atoms with E-state index in [4.69, 9.17) is 0 Å². The van der Waals surface area contributed by atoms with E-state index in [1.165, 1.54) is 4.90 Å². The van der Waals surface area contributed by atoms with Crippen molar-refractivity contribution in [2.24, 2.45) is 5.92 Å². The van der Waals surface area contributed by atoms with E-state index >= 15 is 0 Å². The fourth-order valence-corrected chi connectivity index (χ4v) is 3.68. The van der Waals surface area contributed by atoms with Gasteiger partial charge >= 0.3 is 0 Å². The summed E-state index contributed by atoms with van der Waals surface area (Å²) >= 11 is 0. The van der Waals surface area contributed by atoms with Crippen molar-refractivity contribution in [1.29, 1.82) is 0 Å². The number of fused-ring (bicyclic) bond motifs is 1. The van der Waals surface area contributed by atoms with E-state index in [9.17, 15) is 19.1 Å². The lowest BCUT2D eigenvalue weighted by Crippen LogP contribution is -2.24. The predicted octanol–water partition coefficient (Wildman–Crippen LogP) is 5.33. The average Bonchev–Trinajstić information content (AvgIpc) is 3.60. The summed E-state index contributed by atoms with van der Waals surface area (Å²) in [5, 5.41) is 13.4. The Morgan fingerprint density at radius 1 is 1.33 bits per heavy atom. The number of amides is 2. The van der Waals surface area contributed by atoms with Crippen molar-refractivity contribution in [1.82, 2.24) is 14.9 Å². The molecule has 2 N–H and O–H groups in total. The molecule has 2 amide bonds. The molecule has 0 bridgehead atoms. The van der Waals surface area contributed by atoms with Crippen LogP contribution in [0.5, 0.6) is 0 Å². The molecule has 2 heterocycles. The molecule has 2 aromatic heterocycles. The monoisotopic (exact) mass is 496 g/mol. The highest BCUT2D eigenvalue weighted by Crippen LogP contribution is 2.35. The number of hydrogen-bond donors (Lipinski definition) is 2. The van der Waals surface area contributed by atoms with Crippen LogP contribution in [-0.2, 0) is 4.79 Å². The van der Waals surface area contributed by atoms with E-state index in [0.29, 0.717) is 28.5 Å². The molecule has 1 aliphatic carbocycles. The van der Waals surface area contributed by atoms with Gasteiger partial charge in [-0.1, -0.05) is 39.5 Å². The van der Waals surface area contributed by atoms with Gasteiger partial charge in [0, 0.05) is 37.3 Å². The molecule has 1 fully saturated rings. The number of alkyl halides is 1. The van der Waals surface area contributed by atoms with Gasteiger partial charge in [-0.15, -0.1) is 0 Å². The Kier molecular flexibility index (Phi) is 10.0. The van der Waals surface area contributed by atoms with Gasteiger partial charge in [0.2, 0.25) is 5.91 Å². The fraction of sp³-hybridized carbons (Fsp3) is 0.429. The van der Waals surface area contributed by atoms with Crippen LogP contribution in [0.1, 0.15) is 63.5 Å². The van der Waals surface area contributed by atoms with Crippen molar-refractivity contribution < 1.29 is 19.1 Å². The van der Waals surface area contributed by atoms with Crippen LogP contribution in [0.2, 0.25) is 0 Å². The third-order valence-electron chi connectivity index (χ3n) is 5.83. The Bertz CT molecular complexity index is 1200. The number of halogens is 1. The lowest BCUT2D eigenvalue weighted by molar-refractivity contribution is -0.117. The van der Waals surface area contributed by atoms with E-state index in [0.717, 1.165) is 11.1 Å². The third kappa shape index (κ3) is 6.63. The van der Waals surface area contributed by atoms with Crippen LogP contribution in [0.15, 0.2) is 48.2 Å². The van der Waals surface area contributed by atoms with E-state index in [2.05, 4.69) is 21.9 Å². The molecular formula is C28H37FN4O3. The summed E-state index contributed by atoms with van der Waals surface area (Å²) in [6.07, 6.45) is 4.29. The van der Waals surface area contributed by atoms with Crippen molar-refractivity contribution in [2.75, 3.05) is 19.4 Å². The van der Waals surface area contributed by atoms with Gasteiger partial charge in [-0.2, -0.15) is 0 Å². The smallest absolute Gasteiger partial charge is 0.272 e. The molecule has 36 heavy (non-hydrogen) atoms. The highest BCUT2D eigenvalue weighted by molar-refractivity contribution is 6.02. The summed E-state index contributed by atoms with van der Waals surface area (Å²) < 4.78 is 13.2. The molecule has 0 aromatic carbocycles. The number of nitrogens with one attached hydrogen (secondary N) is 1. The summed E-state index contributed by atoms with van der Waals surface area (Å²) in [6.45, 7) is 13.6. The standard InChI is InChI=1S/C26H31FN4O3.C2H6/c1-7-17(14(3)9-15(4)22(32)8-2)18-10-16-13-28-23(30-25(33)19-11-20(19)27)12-21(16)29-24(18)26(34)31(5)6;1-2/h7,9-10,12-13,19-20,22,32H,4,8,11H2,1-3,5-6H3,(H,28,30,33);1-2H3/b14-9-,17-7+;. The summed E-state index contributed by atoms with van der Waals surface area (Å²) in [7, 11) is 3.30. The van der Waals surface area contributed by atoms with Gasteiger partial charge in [-0.25, -0.2) is 14.4 Å². The minimum atomic E-state index is -1.10. The van der Waals surface area contributed by atoms with Crippen LogP contribution in [-0.4, -0.2) is 58.2 Å². The quantitative estimate of drug-likeness (QED) is 0.482. The first-order valence-corrected chi connectivity index (χ1v) is 12.3. The van der Waals surface area contributed by atoms with Crippen LogP contribution in [0.25, 0.3) is 16.5 Å². The van der Waals surface area contributed by atoms with E-state index < -0.39 is 24.1 Å². The maximum atomic E-state index is 13.2. The van der Waals surface area contributed by atoms with Crippen LogP contribution >= 0.6 is 0 Å². The van der Waals surface area contributed by atoms with E-state index in [1.54, 1.807) is 26.4 Å². The van der Waals surface area contributed by atoms with Crippen LogP contribution < -0.4 is 5.32 Å². The maximum Gasteiger partial charge on any atom is 0.272 e. The van der Waals surface area contributed by atoms with Gasteiger partial charge in [-0.3, -0.25) is 9.59 Å². The first-order chi connectivity index (χ1) is 17.1. The Hall–Kier alpha value is -3.39. The number of anilines is 1. The number of hydrogen-bond acceptors (Lipinski definition) is 5. The maximum absolute atomic E-state index is 13.2. The highest BCUT2D eigenvalue weighted by atomic mass is 19.1. The first-order valence-electron chi connectivity index (χ1n) is 12.3. The number of allylic oxidation sites excluding steroid dienone is 3. The molecule has 3 atom stereocenters. The molecule has 8 heteroatoms. The zero-order chi connectivity index (χ0) is 27.2. The van der Waals surface area contributed by atoms with Gasteiger partial charge in [0.15, 0.2) is 0 Å². The summed E-state index contributed by atoms with van der Waals surface area (Å²) in [5.41, 5.74) is 3.55.